The molecule has 3 nitrogen and oxygen atoms in total. The van der Waals surface area contributed by atoms with Gasteiger partial charge in [0.2, 0.25) is 0 Å². The van der Waals surface area contributed by atoms with Gasteiger partial charge in [0, 0.05) is 22.4 Å². The van der Waals surface area contributed by atoms with Crippen molar-refractivity contribution < 1.29 is 4.79 Å². The first-order chi connectivity index (χ1) is 9.59. The summed E-state index contributed by atoms with van der Waals surface area (Å²) < 4.78 is 1.04. The molecule has 1 unspecified atom stereocenters. The Labute approximate surface area is 139 Å². The fourth-order valence-corrected chi connectivity index (χ4v) is 4.13. The Hall–Kier alpha value is -0.270. The van der Waals surface area contributed by atoms with E-state index in [2.05, 4.69) is 46.5 Å². The number of hydrogen-bond acceptors (Lipinski definition) is 3. The summed E-state index contributed by atoms with van der Waals surface area (Å²) in [7, 11) is 4.15. The Balaban J connectivity index is 2.21. The minimum Gasteiger partial charge on any atom is -0.333 e. The number of likely N-dealkylation sites (N-methyl/N-ethyl adjacent to an activating group) is 1. The molecule has 0 saturated carbocycles. The second-order valence-electron chi connectivity index (χ2n) is 5.32. The van der Waals surface area contributed by atoms with E-state index in [1.807, 2.05) is 36.0 Å². The first-order valence-electron chi connectivity index (χ1n) is 6.87. The molecule has 1 aromatic rings. The van der Waals surface area contributed by atoms with Gasteiger partial charge in [0.05, 0.1) is 11.6 Å². The first kappa shape index (κ1) is 16.1. The molecule has 20 heavy (non-hydrogen) atoms. The maximum absolute atomic E-state index is 12.9. The SMILES string of the molecule is CN(C)CC1CSCCCN1C(=O)c1ccccc1I. The second-order valence-corrected chi connectivity index (χ2v) is 7.63. The predicted molar refractivity (Wildman–Crippen MR) is 94.5 cm³/mol. The summed E-state index contributed by atoms with van der Waals surface area (Å²) in [6.45, 7) is 1.80. The van der Waals surface area contributed by atoms with E-state index in [1.54, 1.807) is 0 Å². The third kappa shape index (κ3) is 4.11. The molecule has 1 aromatic carbocycles. The van der Waals surface area contributed by atoms with Crippen molar-refractivity contribution in [1.29, 1.82) is 0 Å². The number of halogens is 1. The zero-order valence-corrected chi connectivity index (χ0v) is 15.0. The third-order valence-corrected chi connectivity index (χ3v) is 5.52. The smallest absolute Gasteiger partial charge is 0.255 e. The van der Waals surface area contributed by atoms with Crippen molar-refractivity contribution >= 4 is 40.3 Å². The molecule has 1 aliphatic heterocycles. The molecule has 0 aliphatic carbocycles. The first-order valence-corrected chi connectivity index (χ1v) is 9.11. The summed E-state index contributed by atoms with van der Waals surface area (Å²) in [5, 5.41) is 0. The molecule has 1 aliphatic rings. The molecule has 0 radical (unpaired) electrons. The fraction of sp³-hybridized carbons (Fsp3) is 0.533. The highest BCUT2D eigenvalue weighted by atomic mass is 127. The van der Waals surface area contributed by atoms with Crippen LogP contribution in [0.2, 0.25) is 0 Å². The van der Waals surface area contributed by atoms with Crippen LogP contribution in [-0.4, -0.2) is 60.4 Å². The Morgan fingerprint density at radius 1 is 1.45 bits per heavy atom. The van der Waals surface area contributed by atoms with Crippen LogP contribution in [0.4, 0.5) is 0 Å². The van der Waals surface area contributed by atoms with Crippen molar-refractivity contribution in [3.8, 4) is 0 Å². The number of carbonyl (C=O) groups excluding carboxylic acids is 1. The number of carbonyl (C=O) groups is 1. The minimum absolute atomic E-state index is 0.185. The Bertz CT molecular complexity index is 467. The zero-order valence-electron chi connectivity index (χ0n) is 12.0. The van der Waals surface area contributed by atoms with Crippen LogP contribution in [-0.2, 0) is 0 Å². The molecular weight excluding hydrogens is 383 g/mol. The fourth-order valence-electron chi connectivity index (χ4n) is 2.46. The van der Waals surface area contributed by atoms with Gasteiger partial charge in [-0.2, -0.15) is 11.8 Å². The van der Waals surface area contributed by atoms with E-state index in [9.17, 15) is 4.79 Å². The highest BCUT2D eigenvalue weighted by Crippen LogP contribution is 2.21. The largest absolute Gasteiger partial charge is 0.333 e. The van der Waals surface area contributed by atoms with Gasteiger partial charge in [-0.25, -0.2) is 0 Å². The molecule has 1 amide bonds. The molecule has 0 N–H and O–H groups in total. The van der Waals surface area contributed by atoms with E-state index in [1.165, 1.54) is 0 Å². The van der Waals surface area contributed by atoms with Crippen LogP contribution in [0.15, 0.2) is 24.3 Å². The van der Waals surface area contributed by atoms with E-state index in [-0.39, 0.29) is 5.91 Å². The summed E-state index contributed by atoms with van der Waals surface area (Å²) in [6.07, 6.45) is 1.09. The van der Waals surface area contributed by atoms with Crippen LogP contribution in [0.1, 0.15) is 16.8 Å². The van der Waals surface area contributed by atoms with Crippen LogP contribution in [0.5, 0.6) is 0 Å². The molecule has 110 valence electrons. The number of thioether (sulfide) groups is 1. The van der Waals surface area contributed by atoms with Crippen LogP contribution in [0.3, 0.4) is 0 Å². The van der Waals surface area contributed by atoms with E-state index < -0.39 is 0 Å². The van der Waals surface area contributed by atoms with Crippen molar-refractivity contribution in [2.45, 2.75) is 12.5 Å². The van der Waals surface area contributed by atoms with Crippen molar-refractivity contribution in [2.75, 3.05) is 38.7 Å². The van der Waals surface area contributed by atoms with E-state index in [0.29, 0.717) is 6.04 Å². The molecule has 0 spiro atoms. The molecular formula is C15H21IN2OS. The molecule has 1 heterocycles. The maximum atomic E-state index is 12.9. The molecule has 1 fully saturated rings. The lowest BCUT2D eigenvalue weighted by molar-refractivity contribution is 0.0674. The van der Waals surface area contributed by atoms with Gasteiger partial charge in [-0.3, -0.25) is 4.79 Å². The predicted octanol–water partition coefficient (Wildman–Crippen LogP) is 2.80. The topological polar surface area (TPSA) is 23.6 Å². The summed E-state index contributed by atoms with van der Waals surface area (Å²) >= 11 is 4.21. The van der Waals surface area contributed by atoms with Gasteiger partial charge in [-0.1, -0.05) is 12.1 Å². The summed E-state index contributed by atoms with van der Waals surface area (Å²) in [5.74, 6) is 2.37. The average Bonchev–Trinajstić information content (AvgIpc) is 2.63. The highest BCUT2D eigenvalue weighted by Gasteiger charge is 2.27. The van der Waals surface area contributed by atoms with Gasteiger partial charge >= 0.3 is 0 Å². The second kappa shape index (κ2) is 7.66. The van der Waals surface area contributed by atoms with Gasteiger partial charge in [-0.05, 0) is 61.0 Å². The van der Waals surface area contributed by atoms with E-state index in [4.69, 9.17) is 0 Å². The normalized spacial score (nSPS) is 20.0. The number of rotatable bonds is 3. The summed E-state index contributed by atoms with van der Waals surface area (Å²) in [4.78, 5) is 17.1. The number of amides is 1. The lowest BCUT2D eigenvalue weighted by Crippen LogP contribution is -2.46. The summed E-state index contributed by atoms with van der Waals surface area (Å²) in [5.41, 5.74) is 0.837. The monoisotopic (exact) mass is 404 g/mol. The van der Waals surface area contributed by atoms with Gasteiger partial charge in [0.25, 0.3) is 5.91 Å². The van der Waals surface area contributed by atoms with Crippen molar-refractivity contribution in [3.05, 3.63) is 33.4 Å². The van der Waals surface area contributed by atoms with Crippen LogP contribution in [0.25, 0.3) is 0 Å². The lowest BCUT2D eigenvalue weighted by Gasteiger charge is -2.32. The zero-order chi connectivity index (χ0) is 14.5. The lowest BCUT2D eigenvalue weighted by atomic mass is 10.1. The van der Waals surface area contributed by atoms with E-state index in [0.717, 1.165) is 40.1 Å². The molecule has 0 aromatic heterocycles. The van der Waals surface area contributed by atoms with Gasteiger partial charge in [0.1, 0.15) is 0 Å². The van der Waals surface area contributed by atoms with Crippen molar-refractivity contribution in [2.24, 2.45) is 0 Å². The number of benzene rings is 1. The van der Waals surface area contributed by atoms with Gasteiger partial charge in [0.15, 0.2) is 0 Å². The van der Waals surface area contributed by atoms with Crippen LogP contribution >= 0.6 is 34.4 Å². The van der Waals surface area contributed by atoms with Crippen LogP contribution < -0.4 is 0 Å². The minimum atomic E-state index is 0.185. The molecule has 0 bridgehead atoms. The Kier molecular flexibility index (Phi) is 6.17. The van der Waals surface area contributed by atoms with Gasteiger partial charge < -0.3 is 9.80 Å². The Morgan fingerprint density at radius 3 is 2.90 bits per heavy atom. The third-order valence-electron chi connectivity index (χ3n) is 3.38. The molecule has 1 saturated heterocycles. The molecule has 2 rings (SSSR count). The summed E-state index contributed by atoms with van der Waals surface area (Å²) in [6, 6.07) is 8.17. The quantitative estimate of drug-likeness (QED) is 0.724. The van der Waals surface area contributed by atoms with Gasteiger partial charge in [-0.15, -0.1) is 0 Å². The highest BCUT2D eigenvalue weighted by molar-refractivity contribution is 14.1. The van der Waals surface area contributed by atoms with Crippen molar-refractivity contribution in [3.63, 3.8) is 0 Å². The number of hydrogen-bond donors (Lipinski definition) is 0. The molecule has 1 atom stereocenters. The van der Waals surface area contributed by atoms with E-state index >= 15 is 0 Å². The average molecular weight is 404 g/mol. The van der Waals surface area contributed by atoms with Crippen LogP contribution in [0, 0.1) is 3.57 Å². The van der Waals surface area contributed by atoms with Crippen molar-refractivity contribution in [1.82, 2.24) is 9.80 Å². The number of nitrogens with zero attached hydrogens (tertiary/aromatic N) is 2. The Morgan fingerprint density at radius 2 is 2.20 bits per heavy atom. The molecule has 5 heteroatoms. The maximum Gasteiger partial charge on any atom is 0.255 e. The standard InChI is InChI=1S/C15H21IN2OS/c1-17(2)10-12-11-20-9-5-8-18(12)15(19)13-6-3-4-7-14(13)16/h3-4,6-7,12H,5,8-11H2,1-2H3.